The second-order valence-corrected chi connectivity index (χ2v) is 4.72. The van der Waals surface area contributed by atoms with Crippen LogP contribution in [0.15, 0.2) is 36.5 Å². The van der Waals surface area contributed by atoms with E-state index in [2.05, 4.69) is 15.2 Å². The van der Waals surface area contributed by atoms with Crippen molar-refractivity contribution in [2.24, 2.45) is 0 Å². The molecule has 0 aliphatic carbocycles. The fourth-order valence-electron chi connectivity index (χ4n) is 2.34. The van der Waals surface area contributed by atoms with Crippen molar-refractivity contribution < 1.29 is 9.53 Å². The number of methoxy groups -OCH3 is 1. The molecule has 1 N–H and O–H groups in total. The van der Waals surface area contributed by atoms with Crippen molar-refractivity contribution in [3.05, 3.63) is 47.7 Å². The number of aromatic nitrogens is 1. The molecule has 0 fully saturated rings. The number of hydrogen-bond acceptors (Lipinski definition) is 5. The van der Waals surface area contributed by atoms with E-state index in [1.807, 2.05) is 31.3 Å². The fraction of sp³-hybridized carbons (Fsp3) is 0.200. The third-order valence-corrected chi connectivity index (χ3v) is 3.38. The van der Waals surface area contributed by atoms with E-state index in [0.717, 1.165) is 29.3 Å². The van der Waals surface area contributed by atoms with Crippen molar-refractivity contribution in [1.82, 2.24) is 4.98 Å². The van der Waals surface area contributed by atoms with Gasteiger partial charge in [-0.3, -0.25) is 0 Å². The van der Waals surface area contributed by atoms with Crippen LogP contribution in [0.5, 0.6) is 0 Å². The van der Waals surface area contributed by atoms with Gasteiger partial charge in [-0.05, 0) is 24.3 Å². The van der Waals surface area contributed by atoms with Gasteiger partial charge in [0, 0.05) is 25.4 Å². The Kier molecular flexibility index (Phi) is 3.02. The summed E-state index contributed by atoms with van der Waals surface area (Å²) in [5.41, 5.74) is 3.54. The predicted molar refractivity (Wildman–Crippen MR) is 77.4 cm³/mol. The molecule has 5 nitrogen and oxygen atoms in total. The molecule has 0 unspecified atom stereocenters. The lowest BCUT2D eigenvalue weighted by molar-refractivity contribution is 0.0601. The van der Waals surface area contributed by atoms with E-state index in [9.17, 15) is 4.79 Å². The molecular weight excluding hydrogens is 254 g/mol. The van der Waals surface area contributed by atoms with E-state index >= 15 is 0 Å². The maximum absolute atomic E-state index is 11.6. The summed E-state index contributed by atoms with van der Waals surface area (Å²) in [6.45, 7) is 0.730. The zero-order valence-corrected chi connectivity index (χ0v) is 11.4. The highest BCUT2D eigenvalue weighted by Crippen LogP contribution is 2.34. The minimum absolute atomic E-state index is 0.332. The zero-order chi connectivity index (χ0) is 14.1. The highest BCUT2D eigenvalue weighted by atomic mass is 16.5. The number of nitrogens with one attached hydrogen (secondary N) is 1. The minimum atomic E-state index is -0.332. The number of hydrogen-bond donors (Lipinski definition) is 1. The number of rotatable bonds is 1. The third kappa shape index (κ3) is 2.07. The van der Waals surface area contributed by atoms with Gasteiger partial charge in [-0.1, -0.05) is 6.07 Å². The Morgan fingerprint density at radius 1 is 1.40 bits per heavy atom. The molecule has 0 atom stereocenters. The van der Waals surface area contributed by atoms with Gasteiger partial charge in [-0.2, -0.15) is 0 Å². The second-order valence-electron chi connectivity index (χ2n) is 4.72. The Bertz CT molecular complexity index is 670. The van der Waals surface area contributed by atoms with Gasteiger partial charge in [0.25, 0.3) is 0 Å². The van der Waals surface area contributed by atoms with Crippen LogP contribution in [-0.2, 0) is 11.3 Å². The molecule has 2 heterocycles. The first kappa shape index (κ1) is 12.5. The Labute approximate surface area is 117 Å². The van der Waals surface area contributed by atoms with E-state index in [-0.39, 0.29) is 5.97 Å². The molecule has 0 saturated carbocycles. The first-order chi connectivity index (χ1) is 9.69. The molecule has 1 aromatic heterocycles. The molecule has 3 rings (SSSR count). The van der Waals surface area contributed by atoms with Gasteiger partial charge in [-0.15, -0.1) is 0 Å². The topological polar surface area (TPSA) is 54.5 Å². The van der Waals surface area contributed by atoms with E-state index in [1.54, 1.807) is 12.3 Å². The molecule has 1 aliphatic heterocycles. The van der Waals surface area contributed by atoms with E-state index in [4.69, 9.17) is 4.74 Å². The summed E-state index contributed by atoms with van der Waals surface area (Å²) >= 11 is 0. The van der Waals surface area contributed by atoms with Crippen LogP contribution in [0.4, 0.5) is 17.2 Å². The van der Waals surface area contributed by atoms with Crippen LogP contribution in [0.2, 0.25) is 0 Å². The second kappa shape index (κ2) is 4.85. The summed E-state index contributed by atoms with van der Waals surface area (Å²) in [5, 5.41) is 3.31. The molecule has 0 bridgehead atoms. The number of pyridine rings is 1. The molecule has 1 aromatic carbocycles. The number of ether oxygens (including phenoxy) is 1. The Morgan fingerprint density at radius 2 is 2.25 bits per heavy atom. The molecule has 0 amide bonds. The first-order valence-electron chi connectivity index (χ1n) is 6.33. The lowest BCUT2D eigenvalue weighted by atomic mass is 10.1. The quantitative estimate of drug-likeness (QED) is 0.806. The van der Waals surface area contributed by atoms with E-state index < -0.39 is 0 Å². The lowest BCUT2D eigenvalue weighted by Crippen LogP contribution is -2.16. The standard InChI is InChI=1S/C15H15N3O2/c1-18-9-11-4-3-7-16-14(11)17-12-6-5-10(8-13(12)18)15(19)20-2/h3-8H,9H2,1-2H3,(H,16,17). The maximum Gasteiger partial charge on any atom is 0.337 e. The van der Waals surface area contributed by atoms with Crippen molar-refractivity contribution in [2.75, 3.05) is 24.4 Å². The zero-order valence-electron chi connectivity index (χ0n) is 11.4. The first-order valence-corrected chi connectivity index (χ1v) is 6.33. The summed E-state index contributed by atoms with van der Waals surface area (Å²) in [4.78, 5) is 18.1. The molecule has 102 valence electrons. The fourth-order valence-corrected chi connectivity index (χ4v) is 2.34. The highest BCUT2D eigenvalue weighted by molar-refractivity contribution is 5.93. The SMILES string of the molecule is COC(=O)c1ccc2c(c1)N(C)Cc1cccnc1N2. The van der Waals surface area contributed by atoms with Gasteiger partial charge < -0.3 is 15.0 Å². The van der Waals surface area contributed by atoms with E-state index in [1.165, 1.54) is 7.11 Å². The number of benzene rings is 1. The number of esters is 1. The van der Waals surface area contributed by atoms with Crippen LogP contribution in [0, 0.1) is 0 Å². The summed E-state index contributed by atoms with van der Waals surface area (Å²) in [6, 6.07) is 9.42. The molecule has 1 aliphatic rings. The minimum Gasteiger partial charge on any atom is -0.465 e. The summed E-state index contributed by atoms with van der Waals surface area (Å²) in [6.07, 6.45) is 1.76. The van der Waals surface area contributed by atoms with Crippen LogP contribution >= 0.6 is 0 Å². The molecule has 0 spiro atoms. The smallest absolute Gasteiger partial charge is 0.337 e. The number of anilines is 3. The van der Waals surface area contributed by atoms with Crippen LogP contribution in [0.3, 0.4) is 0 Å². The van der Waals surface area contributed by atoms with Gasteiger partial charge in [-0.25, -0.2) is 9.78 Å². The number of carbonyl (C=O) groups is 1. The maximum atomic E-state index is 11.6. The molecule has 5 heteroatoms. The van der Waals surface area contributed by atoms with Gasteiger partial charge in [0.1, 0.15) is 5.82 Å². The average molecular weight is 269 g/mol. The molecule has 0 radical (unpaired) electrons. The summed E-state index contributed by atoms with van der Waals surface area (Å²) < 4.78 is 4.77. The van der Waals surface area contributed by atoms with E-state index in [0.29, 0.717) is 5.56 Å². The van der Waals surface area contributed by atoms with Gasteiger partial charge in [0.2, 0.25) is 0 Å². The summed E-state index contributed by atoms with van der Waals surface area (Å²) in [7, 11) is 3.37. The number of nitrogens with zero attached hydrogens (tertiary/aromatic N) is 2. The van der Waals surface area contributed by atoms with Crippen molar-refractivity contribution in [1.29, 1.82) is 0 Å². The predicted octanol–water partition coefficient (Wildman–Crippen LogP) is 2.56. The Morgan fingerprint density at radius 3 is 3.05 bits per heavy atom. The van der Waals surface area contributed by atoms with Crippen LogP contribution in [0.25, 0.3) is 0 Å². The molecule has 2 aromatic rings. The van der Waals surface area contributed by atoms with Crippen LogP contribution in [-0.4, -0.2) is 25.1 Å². The van der Waals surface area contributed by atoms with Gasteiger partial charge in [0.05, 0.1) is 24.0 Å². The van der Waals surface area contributed by atoms with Crippen molar-refractivity contribution >= 4 is 23.2 Å². The van der Waals surface area contributed by atoms with Gasteiger partial charge >= 0.3 is 5.97 Å². The number of fused-ring (bicyclic) bond motifs is 2. The van der Waals surface area contributed by atoms with Gasteiger partial charge in [0.15, 0.2) is 0 Å². The van der Waals surface area contributed by atoms with Crippen molar-refractivity contribution in [3.63, 3.8) is 0 Å². The Hall–Kier alpha value is -2.56. The monoisotopic (exact) mass is 269 g/mol. The molecular formula is C15H15N3O2. The lowest BCUT2D eigenvalue weighted by Gasteiger charge is -2.19. The summed E-state index contributed by atoms with van der Waals surface area (Å²) in [5.74, 6) is 0.519. The normalized spacial score (nSPS) is 12.8. The third-order valence-electron chi connectivity index (χ3n) is 3.38. The molecule has 20 heavy (non-hydrogen) atoms. The van der Waals surface area contributed by atoms with Crippen molar-refractivity contribution in [3.8, 4) is 0 Å². The van der Waals surface area contributed by atoms with Crippen LogP contribution in [0.1, 0.15) is 15.9 Å². The van der Waals surface area contributed by atoms with Crippen LogP contribution < -0.4 is 10.2 Å². The largest absolute Gasteiger partial charge is 0.465 e. The average Bonchev–Trinajstić information content (AvgIpc) is 2.62. The highest BCUT2D eigenvalue weighted by Gasteiger charge is 2.18. The Balaban J connectivity index is 2.06. The van der Waals surface area contributed by atoms with Crippen molar-refractivity contribution in [2.45, 2.75) is 6.54 Å². The molecule has 0 saturated heterocycles. The number of carbonyl (C=O) groups excluding carboxylic acids is 1.